The van der Waals surface area contributed by atoms with Crippen molar-refractivity contribution in [2.75, 3.05) is 0 Å². The summed E-state index contributed by atoms with van der Waals surface area (Å²) in [7, 11) is 0. The Hall–Kier alpha value is -2.35. The van der Waals surface area contributed by atoms with Gasteiger partial charge in [-0.15, -0.1) is 0 Å². The fourth-order valence-electron chi connectivity index (χ4n) is 1.90. The molecule has 1 unspecified atom stereocenters. The van der Waals surface area contributed by atoms with E-state index in [9.17, 15) is 9.59 Å². The van der Waals surface area contributed by atoms with Crippen LogP contribution in [0.2, 0.25) is 0 Å². The van der Waals surface area contributed by atoms with Crippen LogP contribution in [0.4, 0.5) is 0 Å². The fraction of sp³-hybridized carbons (Fsp3) is 0.357. The van der Waals surface area contributed by atoms with Gasteiger partial charge in [0.15, 0.2) is 0 Å². The Morgan fingerprint density at radius 2 is 2.00 bits per heavy atom. The van der Waals surface area contributed by atoms with Crippen molar-refractivity contribution in [2.24, 2.45) is 5.92 Å². The molecule has 0 aliphatic heterocycles. The van der Waals surface area contributed by atoms with Gasteiger partial charge < -0.3 is 10.4 Å². The van der Waals surface area contributed by atoms with Crippen molar-refractivity contribution in [3.8, 4) is 6.07 Å². The number of nitriles is 1. The first-order chi connectivity index (χ1) is 9.11. The zero-order valence-corrected chi connectivity index (χ0v) is 10.3. The standard InChI is InChI=1S/C14H14N2O3/c15-8-7-9-1-3-11(4-2-9)13(17)16-12(14(18)19)10-5-6-10/h1-4,10,12H,5-7H2,(H,16,17)(H,18,19). The van der Waals surface area contributed by atoms with Crippen LogP contribution in [0.15, 0.2) is 24.3 Å². The van der Waals surface area contributed by atoms with E-state index in [2.05, 4.69) is 5.32 Å². The minimum absolute atomic E-state index is 0.0549. The minimum atomic E-state index is -0.989. The molecule has 0 spiro atoms. The third-order valence-corrected chi connectivity index (χ3v) is 3.15. The minimum Gasteiger partial charge on any atom is -0.480 e. The molecule has 0 radical (unpaired) electrons. The number of hydrogen-bond acceptors (Lipinski definition) is 3. The number of hydrogen-bond donors (Lipinski definition) is 2. The molecule has 19 heavy (non-hydrogen) atoms. The lowest BCUT2D eigenvalue weighted by Crippen LogP contribution is -2.42. The zero-order chi connectivity index (χ0) is 13.8. The van der Waals surface area contributed by atoms with E-state index in [-0.39, 0.29) is 11.8 Å². The van der Waals surface area contributed by atoms with Gasteiger partial charge in [0, 0.05) is 5.56 Å². The Balaban J connectivity index is 2.02. The highest BCUT2D eigenvalue weighted by molar-refractivity contribution is 5.96. The second-order valence-electron chi connectivity index (χ2n) is 4.66. The van der Waals surface area contributed by atoms with Gasteiger partial charge >= 0.3 is 5.97 Å². The van der Waals surface area contributed by atoms with E-state index in [0.717, 1.165) is 18.4 Å². The molecular formula is C14H14N2O3. The highest BCUT2D eigenvalue weighted by atomic mass is 16.4. The molecule has 1 amide bonds. The number of rotatable bonds is 5. The summed E-state index contributed by atoms with van der Waals surface area (Å²) >= 11 is 0. The van der Waals surface area contributed by atoms with Crippen LogP contribution in [0, 0.1) is 17.2 Å². The Kier molecular flexibility index (Phi) is 3.81. The van der Waals surface area contributed by atoms with Crippen LogP contribution >= 0.6 is 0 Å². The smallest absolute Gasteiger partial charge is 0.326 e. The SMILES string of the molecule is N#CCc1ccc(C(=O)NC(C(=O)O)C2CC2)cc1. The van der Waals surface area contributed by atoms with Crippen molar-refractivity contribution in [1.82, 2.24) is 5.32 Å². The average Bonchev–Trinajstić information content (AvgIpc) is 3.21. The maximum atomic E-state index is 11.9. The van der Waals surface area contributed by atoms with Crippen molar-refractivity contribution < 1.29 is 14.7 Å². The van der Waals surface area contributed by atoms with Gasteiger partial charge in [0.1, 0.15) is 6.04 Å². The summed E-state index contributed by atoms with van der Waals surface area (Å²) in [5.74, 6) is -1.32. The fourth-order valence-corrected chi connectivity index (χ4v) is 1.90. The summed E-state index contributed by atoms with van der Waals surface area (Å²) < 4.78 is 0. The topological polar surface area (TPSA) is 90.2 Å². The van der Waals surface area contributed by atoms with Crippen LogP contribution in [0.3, 0.4) is 0 Å². The Morgan fingerprint density at radius 3 is 2.47 bits per heavy atom. The van der Waals surface area contributed by atoms with Gasteiger partial charge in [-0.05, 0) is 36.5 Å². The maximum Gasteiger partial charge on any atom is 0.326 e. The van der Waals surface area contributed by atoms with Crippen molar-refractivity contribution in [3.63, 3.8) is 0 Å². The quantitative estimate of drug-likeness (QED) is 0.834. The highest BCUT2D eigenvalue weighted by Crippen LogP contribution is 2.32. The summed E-state index contributed by atoms with van der Waals surface area (Å²) in [5.41, 5.74) is 1.24. The lowest BCUT2D eigenvalue weighted by atomic mass is 10.1. The molecule has 1 aliphatic rings. The molecule has 5 heteroatoms. The Bertz CT molecular complexity index is 527. The number of carboxylic acid groups (broad SMARTS) is 1. The van der Waals surface area contributed by atoms with Crippen molar-refractivity contribution >= 4 is 11.9 Å². The molecule has 0 aromatic heterocycles. The maximum absolute atomic E-state index is 11.9. The molecule has 1 aliphatic carbocycles. The van der Waals surface area contributed by atoms with Crippen LogP contribution in [-0.2, 0) is 11.2 Å². The Morgan fingerprint density at radius 1 is 1.37 bits per heavy atom. The molecule has 1 atom stereocenters. The second kappa shape index (κ2) is 5.53. The molecule has 1 aromatic rings. The number of carbonyl (C=O) groups excluding carboxylic acids is 1. The third kappa shape index (κ3) is 3.32. The molecular weight excluding hydrogens is 244 g/mol. The van der Waals surface area contributed by atoms with E-state index in [0.29, 0.717) is 12.0 Å². The van der Waals surface area contributed by atoms with E-state index in [1.54, 1.807) is 24.3 Å². The predicted octanol–water partition coefficient (Wildman–Crippen LogP) is 1.35. The summed E-state index contributed by atoms with van der Waals surface area (Å²) in [5, 5.41) is 20.1. The lowest BCUT2D eigenvalue weighted by Gasteiger charge is -2.13. The van der Waals surface area contributed by atoms with Gasteiger partial charge in [0.05, 0.1) is 12.5 Å². The summed E-state index contributed by atoms with van der Waals surface area (Å²) in [6, 6.07) is 7.83. The monoisotopic (exact) mass is 258 g/mol. The molecule has 98 valence electrons. The van der Waals surface area contributed by atoms with E-state index < -0.39 is 12.0 Å². The highest BCUT2D eigenvalue weighted by Gasteiger charge is 2.37. The first-order valence-electron chi connectivity index (χ1n) is 6.11. The van der Waals surface area contributed by atoms with E-state index in [1.807, 2.05) is 6.07 Å². The first-order valence-corrected chi connectivity index (χ1v) is 6.11. The molecule has 0 heterocycles. The van der Waals surface area contributed by atoms with Crippen LogP contribution in [-0.4, -0.2) is 23.0 Å². The summed E-state index contributed by atoms with van der Waals surface area (Å²) in [6.45, 7) is 0. The van der Waals surface area contributed by atoms with Crippen molar-refractivity contribution in [2.45, 2.75) is 25.3 Å². The summed E-state index contributed by atoms with van der Waals surface area (Å²) in [6.07, 6.45) is 1.98. The molecule has 0 saturated heterocycles. The molecule has 2 N–H and O–H groups in total. The number of benzene rings is 1. The third-order valence-electron chi connectivity index (χ3n) is 3.15. The molecule has 1 saturated carbocycles. The average molecular weight is 258 g/mol. The number of nitrogens with one attached hydrogen (secondary N) is 1. The zero-order valence-electron chi connectivity index (χ0n) is 10.3. The van der Waals surface area contributed by atoms with Crippen LogP contribution < -0.4 is 5.32 Å². The van der Waals surface area contributed by atoms with Crippen molar-refractivity contribution in [3.05, 3.63) is 35.4 Å². The van der Waals surface area contributed by atoms with Crippen LogP contribution in [0.5, 0.6) is 0 Å². The van der Waals surface area contributed by atoms with Gasteiger partial charge in [-0.1, -0.05) is 12.1 Å². The molecule has 5 nitrogen and oxygen atoms in total. The van der Waals surface area contributed by atoms with Gasteiger partial charge in [-0.3, -0.25) is 4.79 Å². The normalized spacial score (nSPS) is 15.3. The van der Waals surface area contributed by atoms with Gasteiger partial charge in [-0.25, -0.2) is 4.79 Å². The molecule has 2 rings (SSSR count). The second-order valence-corrected chi connectivity index (χ2v) is 4.66. The number of nitrogens with zero attached hydrogens (tertiary/aromatic N) is 1. The largest absolute Gasteiger partial charge is 0.480 e. The number of amides is 1. The van der Waals surface area contributed by atoms with E-state index in [1.165, 1.54) is 0 Å². The predicted molar refractivity (Wildman–Crippen MR) is 67.4 cm³/mol. The van der Waals surface area contributed by atoms with Crippen LogP contribution in [0.1, 0.15) is 28.8 Å². The first kappa shape index (κ1) is 13.1. The van der Waals surface area contributed by atoms with Gasteiger partial charge in [0.25, 0.3) is 5.91 Å². The Labute approximate surface area is 110 Å². The number of carboxylic acids is 1. The molecule has 0 bridgehead atoms. The van der Waals surface area contributed by atoms with E-state index in [4.69, 9.17) is 10.4 Å². The molecule has 1 aromatic carbocycles. The number of carbonyl (C=O) groups is 2. The van der Waals surface area contributed by atoms with Crippen LogP contribution in [0.25, 0.3) is 0 Å². The summed E-state index contributed by atoms with van der Waals surface area (Å²) in [4.78, 5) is 23.0. The van der Waals surface area contributed by atoms with Crippen molar-refractivity contribution in [1.29, 1.82) is 5.26 Å². The molecule has 1 fully saturated rings. The van der Waals surface area contributed by atoms with Gasteiger partial charge in [-0.2, -0.15) is 5.26 Å². The van der Waals surface area contributed by atoms with E-state index >= 15 is 0 Å². The lowest BCUT2D eigenvalue weighted by molar-refractivity contribution is -0.139. The number of aliphatic carboxylic acids is 1. The van der Waals surface area contributed by atoms with Gasteiger partial charge in [0.2, 0.25) is 0 Å².